The standard InChI is InChI=1S/C13H18O6/c1-7-2-4-13(5-3-7)17-6-8(19-13)11-9(14)10(15)12(16)18-11/h7-8,11,14-15H,2-6H2,1H3. The highest BCUT2D eigenvalue weighted by Gasteiger charge is 2.50. The van der Waals surface area contributed by atoms with Gasteiger partial charge in [-0.1, -0.05) is 6.92 Å². The van der Waals surface area contributed by atoms with Crippen molar-refractivity contribution in [2.24, 2.45) is 5.92 Å². The Hall–Kier alpha value is -1.27. The third-order valence-electron chi connectivity index (χ3n) is 4.19. The molecule has 0 radical (unpaired) electrons. The molecule has 19 heavy (non-hydrogen) atoms. The van der Waals surface area contributed by atoms with E-state index in [1.807, 2.05) is 0 Å². The molecule has 6 heteroatoms. The fourth-order valence-corrected chi connectivity index (χ4v) is 2.91. The number of esters is 1. The van der Waals surface area contributed by atoms with E-state index >= 15 is 0 Å². The summed E-state index contributed by atoms with van der Waals surface area (Å²) in [5.74, 6) is -2.04. The lowest BCUT2D eigenvalue weighted by Gasteiger charge is -2.34. The quantitative estimate of drug-likeness (QED) is 0.703. The number of aliphatic hydroxyl groups excluding tert-OH is 2. The largest absolute Gasteiger partial charge is 0.505 e. The monoisotopic (exact) mass is 270 g/mol. The van der Waals surface area contributed by atoms with Crippen LogP contribution in [0.2, 0.25) is 0 Å². The molecule has 1 saturated carbocycles. The molecule has 1 aliphatic carbocycles. The molecule has 2 atom stereocenters. The van der Waals surface area contributed by atoms with E-state index < -0.39 is 35.5 Å². The Labute approximate surface area is 111 Å². The summed E-state index contributed by atoms with van der Waals surface area (Å²) < 4.78 is 16.5. The van der Waals surface area contributed by atoms with Gasteiger partial charge in [-0.05, 0) is 18.8 Å². The molecule has 0 aromatic heterocycles. The average molecular weight is 270 g/mol. The van der Waals surface area contributed by atoms with Crippen LogP contribution in [0.15, 0.2) is 11.5 Å². The minimum Gasteiger partial charge on any atom is -0.505 e. The van der Waals surface area contributed by atoms with Gasteiger partial charge in [-0.15, -0.1) is 0 Å². The molecule has 0 bridgehead atoms. The second kappa shape index (κ2) is 4.38. The molecule has 0 aromatic rings. The lowest BCUT2D eigenvalue weighted by Crippen LogP contribution is -2.38. The van der Waals surface area contributed by atoms with Crippen molar-refractivity contribution in [1.82, 2.24) is 0 Å². The number of ether oxygens (including phenoxy) is 3. The predicted molar refractivity (Wildman–Crippen MR) is 63.4 cm³/mol. The second-order valence-electron chi connectivity index (χ2n) is 5.62. The first kappa shape index (κ1) is 12.7. The van der Waals surface area contributed by atoms with Crippen molar-refractivity contribution in [3.63, 3.8) is 0 Å². The minimum atomic E-state index is -0.953. The normalized spacial score (nSPS) is 43.0. The molecule has 3 aliphatic rings. The SMILES string of the molecule is CC1CCC2(CC1)OCC(C1OC(=O)C(O)=C1O)O2. The van der Waals surface area contributed by atoms with Crippen LogP contribution >= 0.6 is 0 Å². The third-order valence-corrected chi connectivity index (χ3v) is 4.19. The summed E-state index contributed by atoms with van der Waals surface area (Å²) in [7, 11) is 0. The zero-order valence-corrected chi connectivity index (χ0v) is 10.8. The predicted octanol–water partition coefficient (Wildman–Crippen LogP) is 1.56. The van der Waals surface area contributed by atoms with Gasteiger partial charge >= 0.3 is 5.97 Å². The Kier molecular flexibility index (Phi) is 2.94. The summed E-state index contributed by atoms with van der Waals surface area (Å²) in [5, 5.41) is 19.0. The van der Waals surface area contributed by atoms with Gasteiger partial charge in [-0.25, -0.2) is 4.79 Å². The van der Waals surface area contributed by atoms with Gasteiger partial charge in [0.15, 0.2) is 17.7 Å². The summed E-state index contributed by atoms with van der Waals surface area (Å²) >= 11 is 0. The average Bonchev–Trinajstić information content (AvgIpc) is 2.91. The molecule has 2 N–H and O–H groups in total. The van der Waals surface area contributed by atoms with Crippen LogP contribution in [-0.4, -0.2) is 40.8 Å². The summed E-state index contributed by atoms with van der Waals surface area (Å²) in [6.07, 6.45) is 2.17. The van der Waals surface area contributed by atoms with Gasteiger partial charge in [-0.2, -0.15) is 0 Å². The first-order valence-corrected chi connectivity index (χ1v) is 6.66. The van der Waals surface area contributed by atoms with Gasteiger partial charge in [0.25, 0.3) is 0 Å². The van der Waals surface area contributed by atoms with Crippen LogP contribution in [0.25, 0.3) is 0 Å². The fourth-order valence-electron chi connectivity index (χ4n) is 2.91. The van der Waals surface area contributed by atoms with Gasteiger partial charge < -0.3 is 24.4 Å². The molecule has 2 heterocycles. The van der Waals surface area contributed by atoms with Gasteiger partial charge in [0.1, 0.15) is 6.10 Å². The Morgan fingerprint density at radius 2 is 1.95 bits per heavy atom. The number of hydrogen-bond donors (Lipinski definition) is 2. The minimum absolute atomic E-state index is 0.254. The summed E-state index contributed by atoms with van der Waals surface area (Å²) in [6, 6.07) is 0. The number of carbonyl (C=O) groups is 1. The van der Waals surface area contributed by atoms with E-state index in [0.29, 0.717) is 5.92 Å². The van der Waals surface area contributed by atoms with E-state index in [1.54, 1.807) is 0 Å². The van der Waals surface area contributed by atoms with Crippen molar-refractivity contribution in [3.05, 3.63) is 11.5 Å². The number of aliphatic hydroxyl groups is 2. The van der Waals surface area contributed by atoms with E-state index in [2.05, 4.69) is 6.92 Å². The van der Waals surface area contributed by atoms with Crippen LogP contribution in [0.3, 0.4) is 0 Å². The van der Waals surface area contributed by atoms with Crippen LogP contribution in [0.5, 0.6) is 0 Å². The van der Waals surface area contributed by atoms with Gasteiger partial charge in [0, 0.05) is 12.8 Å². The molecule has 1 saturated heterocycles. The highest BCUT2D eigenvalue weighted by Crippen LogP contribution is 2.42. The van der Waals surface area contributed by atoms with Crippen LogP contribution in [0.1, 0.15) is 32.6 Å². The number of rotatable bonds is 1. The highest BCUT2D eigenvalue weighted by atomic mass is 16.8. The number of hydrogen-bond acceptors (Lipinski definition) is 6. The summed E-state index contributed by atoms with van der Waals surface area (Å²) in [5.41, 5.74) is 0. The summed E-state index contributed by atoms with van der Waals surface area (Å²) in [4.78, 5) is 11.2. The molecule has 2 aliphatic heterocycles. The Bertz CT molecular complexity index is 421. The van der Waals surface area contributed by atoms with Crippen LogP contribution < -0.4 is 0 Å². The van der Waals surface area contributed by atoms with Crippen LogP contribution in [0, 0.1) is 5.92 Å². The molecule has 0 amide bonds. The summed E-state index contributed by atoms with van der Waals surface area (Å²) in [6.45, 7) is 2.45. The van der Waals surface area contributed by atoms with Crippen molar-refractivity contribution < 1.29 is 29.2 Å². The Balaban J connectivity index is 1.68. The maximum atomic E-state index is 11.2. The van der Waals surface area contributed by atoms with Crippen molar-refractivity contribution >= 4 is 5.97 Å². The van der Waals surface area contributed by atoms with Crippen molar-refractivity contribution in [3.8, 4) is 0 Å². The molecule has 1 spiro atoms. The molecule has 6 nitrogen and oxygen atoms in total. The van der Waals surface area contributed by atoms with Crippen molar-refractivity contribution in [2.75, 3.05) is 6.61 Å². The van der Waals surface area contributed by atoms with Gasteiger partial charge in [-0.3, -0.25) is 0 Å². The van der Waals surface area contributed by atoms with Gasteiger partial charge in [0.2, 0.25) is 5.76 Å². The number of cyclic esters (lactones) is 1. The topological polar surface area (TPSA) is 85.2 Å². The maximum Gasteiger partial charge on any atom is 0.377 e. The van der Waals surface area contributed by atoms with Crippen molar-refractivity contribution in [1.29, 1.82) is 0 Å². The third kappa shape index (κ3) is 2.08. The lowest BCUT2D eigenvalue weighted by atomic mass is 9.86. The number of carbonyl (C=O) groups excluding carboxylic acids is 1. The Morgan fingerprint density at radius 1 is 1.26 bits per heavy atom. The zero-order chi connectivity index (χ0) is 13.6. The molecule has 2 unspecified atom stereocenters. The first-order valence-electron chi connectivity index (χ1n) is 6.66. The first-order chi connectivity index (χ1) is 9.01. The van der Waals surface area contributed by atoms with Gasteiger partial charge in [0.05, 0.1) is 6.61 Å². The van der Waals surface area contributed by atoms with E-state index in [1.165, 1.54) is 0 Å². The van der Waals surface area contributed by atoms with Crippen molar-refractivity contribution in [2.45, 2.75) is 50.6 Å². The smallest absolute Gasteiger partial charge is 0.377 e. The second-order valence-corrected chi connectivity index (χ2v) is 5.62. The zero-order valence-electron chi connectivity index (χ0n) is 10.8. The van der Waals surface area contributed by atoms with Crippen LogP contribution in [0.4, 0.5) is 0 Å². The molecule has 0 aromatic carbocycles. The molecule has 2 fully saturated rings. The molecular weight excluding hydrogens is 252 g/mol. The Morgan fingerprint density at radius 3 is 2.53 bits per heavy atom. The van der Waals surface area contributed by atoms with E-state index in [0.717, 1.165) is 25.7 Å². The molecular formula is C13H18O6. The maximum absolute atomic E-state index is 11.2. The highest BCUT2D eigenvalue weighted by molar-refractivity contribution is 5.89. The molecule has 3 rings (SSSR count). The van der Waals surface area contributed by atoms with E-state index in [4.69, 9.17) is 14.2 Å². The van der Waals surface area contributed by atoms with E-state index in [9.17, 15) is 15.0 Å². The molecule has 106 valence electrons. The van der Waals surface area contributed by atoms with E-state index in [-0.39, 0.29) is 6.61 Å². The van der Waals surface area contributed by atoms with Crippen LogP contribution in [-0.2, 0) is 19.0 Å². The lowest BCUT2D eigenvalue weighted by molar-refractivity contribution is -0.201. The fraction of sp³-hybridized carbons (Fsp3) is 0.769.